The number of aliphatic hydroxyl groups is 1. The number of ether oxygens (including phenoxy) is 4. The van der Waals surface area contributed by atoms with Crippen LogP contribution >= 0.6 is 0 Å². The Kier molecular flexibility index (Phi) is 4.81. The number of aromatic hydroxyl groups is 1. The van der Waals surface area contributed by atoms with E-state index >= 15 is 0 Å². The molecule has 0 unspecified atom stereocenters. The number of fused-ring (bicyclic) bond motifs is 1. The molecule has 0 spiro atoms. The van der Waals surface area contributed by atoms with Gasteiger partial charge in [0.05, 0.1) is 46.0 Å². The van der Waals surface area contributed by atoms with E-state index in [1.165, 1.54) is 21.3 Å². The van der Waals surface area contributed by atoms with E-state index < -0.39 is 0 Å². The zero-order valence-corrected chi connectivity index (χ0v) is 15.0. The number of hydrogen-bond donors (Lipinski definition) is 2. The molecule has 3 rings (SSSR count). The quantitative estimate of drug-likeness (QED) is 0.697. The second-order valence-corrected chi connectivity index (χ2v) is 5.47. The Hall–Kier alpha value is -3.06. The Morgan fingerprint density at radius 1 is 0.923 bits per heavy atom. The molecule has 0 saturated carbocycles. The van der Waals surface area contributed by atoms with Gasteiger partial charge in [0.2, 0.25) is 5.75 Å². The molecule has 26 heavy (non-hydrogen) atoms. The number of furan rings is 1. The van der Waals surface area contributed by atoms with Gasteiger partial charge < -0.3 is 33.6 Å². The molecule has 1 heterocycles. The lowest BCUT2D eigenvalue weighted by Gasteiger charge is -2.12. The molecule has 1 aromatic heterocycles. The lowest BCUT2D eigenvalue weighted by molar-refractivity contribution is 0.282. The fraction of sp³-hybridized carbons (Fsp3) is 0.263. The third kappa shape index (κ3) is 2.66. The van der Waals surface area contributed by atoms with Crippen LogP contribution in [0.25, 0.3) is 22.3 Å². The van der Waals surface area contributed by atoms with Crippen molar-refractivity contribution in [3.05, 3.63) is 29.8 Å². The highest BCUT2D eigenvalue weighted by atomic mass is 16.5. The van der Waals surface area contributed by atoms with Gasteiger partial charge in [-0.3, -0.25) is 0 Å². The van der Waals surface area contributed by atoms with E-state index in [9.17, 15) is 10.2 Å². The highest BCUT2D eigenvalue weighted by Gasteiger charge is 2.24. The van der Waals surface area contributed by atoms with E-state index in [1.54, 1.807) is 31.4 Å². The van der Waals surface area contributed by atoms with E-state index in [1.807, 2.05) is 0 Å². The average Bonchev–Trinajstić information content (AvgIpc) is 3.04. The van der Waals surface area contributed by atoms with Crippen molar-refractivity contribution >= 4 is 11.0 Å². The van der Waals surface area contributed by atoms with Gasteiger partial charge in [-0.1, -0.05) is 0 Å². The standard InChI is InChI=1S/C19H20O7/c1-22-10-7-14(24-3)16-12(9-20)18(26-15(16)8-10)11-5-6-13(23-2)17(21)19(11)25-4/h5-8,20-21H,9H2,1-4H3. The Labute approximate surface area is 150 Å². The highest BCUT2D eigenvalue weighted by molar-refractivity contribution is 5.95. The Balaban J connectivity index is 2.34. The molecule has 0 saturated heterocycles. The second kappa shape index (κ2) is 7.05. The minimum atomic E-state index is -0.291. The zero-order chi connectivity index (χ0) is 18.8. The summed E-state index contributed by atoms with van der Waals surface area (Å²) in [5.74, 6) is 1.74. The minimum absolute atomic E-state index is 0.151. The molecule has 0 atom stereocenters. The molecule has 0 fully saturated rings. The number of rotatable bonds is 6. The van der Waals surface area contributed by atoms with Crippen molar-refractivity contribution in [2.45, 2.75) is 6.61 Å². The summed E-state index contributed by atoms with van der Waals surface area (Å²) in [4.78, 5) is 0. The van der Waals surface area contributed by atoms with Crippen molar-refractivity contribution in [3.63, 3.8) is 0 Å². The maximum Gasteiger partial charge on any atom is 0.201 e. The average molecular weight is 360 g/mol. The molecule has 0 bridgehead atoms. The summed E-state index contributed by atoms with van der Waals surface area (Å²) in [5, 5.41) is 21.0. The van der Waals surface area contributed by atoms with Crippen LogP contribution in [0.15, 0.2) is 28.7 Å². The first-order valence-electron chi connectivity index (χ1n) is 7.82. The monoisotopic (exact) mass is 360 g/mol. The molecule has 2 N–H and O–H groups in total. The van der Waals surface area contributed by atoms with Crippen LogP contribution in [0.5, 0.6) is 28.7 Å². The van der Waals surface area contributed by atoms with E-state index in [2.05, 4.69) is 0 Å². The van der Waals surface area contributed by atoms with Gasteiger partial charge in [-0.05, 0) is 12.1 Å². The van der Waals surface area contributed by atoms with Crippen molar-refractivity contribution in [1.29, 1.82) is 0 Å². The predicted octanol–water partition coefficient (Wildman–Crippen LogP) is 3.33. The maximum atomic E-state index is 10.4. The van der Waals surface area contributed by atoms with Gasteiger partial charge in [-0.25, -0.2) is 0 Å². The lowest BCUT2D eigenvalue weighted by atomic mass is 10.0. The second-order valence-electron chi connectivity index (χ2n) is 5.47. The van der Waals surface area contributed by atoms with Crippen LogP contribution in [-0.4, -0.2) is 38.7 Å². The Bertz CT molecular complexity index is 943. The number of benzene rings is 2. The SMILES string of the molecule is COc1cc(OC)c2c(CO)c(-c3ccc(OC)c(O)c3OC)oc2c1. The minimum Gasteiger partial charge on any atom is -0.502 e. The first-order valence-corrected chi connectivity index (χ1v) is 7.82. The number of aliphatic hydroxyl groups excluding tert-OH is 1. The van der Waals surface area contributed by atoms with Gasteiger partial charge >= 0.3 is 0 Å². The molecule has 0 aliphatic rings. The molecule has 2 aromatic carbocycles. The van der Waals surface area contributed by atoms with Gasteiger partial charge in [-0.2, -0.15) is 0 Å². The molecule has 0 aliphatic carbocycles. The van der Waals surface area contributed by atoms with Crippen LogP contribution in [0.4, 0.5) is 0 Å². The van der Waals surface area contributed by atoms with Gasteiger partial charge in [0.15, 0.2) is 11.5 Å². The van der Waals surface area contributed by atoms with Crippen LogP contribution in [0.2, 0.25) is 0 Å². The van der Waals surface area contributed by atoms with E-state index in [0.29, 0.717) is 39.4 Å². The van der Waals surface area contributed by atoms with Crippen molar-refractivity contribution in [1.82, 2.24) is 0 Å². The summed E-state index contributed by atoms with van der Waals surface area (Å²) in [6, 6.07) is 6.71. The van der Waals surface area contributed by atoms with Crippen molar-refractivity contribution < 1.29 is 33.6 Å². The van der Waals surface area contributed by atoms with Crippen LogP contribution in [0.1, 0.15) is 5.56 Å². The summed E-state index contributed by atoms with van der Waals surface area (Å²) in [7, 11) is 5.96. The first kappa shape index (κ1) is 17.8. The van der Waals surface area contributed by atoms with Crippen molar-refractivity contribution in [2.75, 3.05) is 28.4 Å². The summed E-state index contributed by atoms with van der Waals surface area (Å²) < 4.78 is 27.1. The van der Waals surface area contributed by atoms with Gasteiger partial charge in [0, 0.05) is 17.7 Å². The van der Waals surface area contributed by atoms with E-state index in [-0.39, 0.29) is 23.9 Å². The maximum absolute atomic E-state index is 10.4. The van der Waals surface area contributed by atoms with Crippen LogP contribution in [0.3, 0.4) is 0 Å². The fourth-order valence-corrected chi connectivity index (χ4v) is 2.98. The normalized spacial score (nSPS) is 10.8. The molecular weight excluding hydrogens is 340 g/mol. The highest BCUT2D eigenvalue weighted by Crippen LogP contribution is 2.48. The van der Waals surface area contributed by atoms with Crippen LogP contribution < -0.4 is 18.9 Å². The third-order valence-corrected chi connectivity index (χ3v) is 4.20. The molecule has 138 valence electrons. The van der Waals surface area contributed by atoms with Crippen molar-refractivity contribution in [2.24, 2.45) is 0 Å². The van der Waals surface area contributed by atoms with Gasteiger partial charge in [0.25, 0.3) is 0 Å². The molecule has 7 nitrogen and oxygen atoms in total. The summed E-state index contributed by atoms with van der Waals surface area (Å²) in [6.07, 6.45) is 0. The van der Waals surface area contributed by atoms with E-state index in [0.717, 1.165) is 0 Å². The molecule has 3 aromatic rings. The summed E-state index contributed by atoms with van der Waals surface area (Å²) >= 11 is 0. The van der Waals surface area contributed by atoms with Gasteiger partial charge in [0.1, 0.15) is 22.8 Å². The number of methoxy groups -OCH3 is 4. The molecule has 7 heteroatoms. The number of phenolic OH excluding ortho intramolecular Hbond substituents is 1. The first-order chi connectivity index (χ1) is 12.6. The van der Waals surface area contributed by atoms with Crippen molar-refractivity contribution in [3.8, 4) is 40.1 Å². The van der Waals surface area contributed by atoms with E-state index in [4.69, 9.17) is 23.4 Å². The number of phenols is 1. The molecule has 0 amide bonds. The molecule has 0 radical (unpaired) electrons. The van der Waals surface area contributed by atoms with Crippen LogP contribution in [-0.2, 0) is 6.61 Å². The smallest absolute Gasteiger partial charge is 0.201 e. The summed E-state index contributed by atoms with van der Waals surface area (Å²) in [5.41, 5.74) is 1.48. The number of hydrogen-bond acceptors (Lipinski definition) is 7. The topological polar surface area (TPSA) is 90.5 Å². The van der Waals surface area contributed by atoms with Gasteiger partial charge in [-0.15, -0.1) is 0 Å². The third-order valence-electron chi connectivity index (χ3n) is 4.20. The molecular formula is C19H20O7. The lowest BCUT2D eigenvalue weighted by Crippen LogP contribution is -1.94. The molecule has 0 aliphatic heterocycles. The van der Waals surface area contributed by atoms with Crippen LogP contribution in [0, 0.1) is 0 Å². The zero-order valence-electron chi connectivity index (χ0n) is 15.0. The predicted molar refractivity (Wildman–Crippen MR) is 95.4 cm³/mol. The Morgan fingerprint density at radius 3 is 2.23 bits per heavy atom. The Morgan fingerprint density at radius 2 is 1.65 bits per heavy atom. The fourth-order valence-electron chi connectivity index (χ4n) is 2.98. The summed E-state index contributed by atoms with van der Waals surface area (Å²) in [6.45, 7) is -0.291. The largest absolute Gasteiger partial charge is 0.502 e.